The summed E-state index contributed by atoms with van der Waals surface area (Å²) in [6.07, 6.45) is 3.44. The lowest BCUT2D eigenvalue weighted by atomic mass is 10.0. The second kappa shape index (κ2) is 4.74. The van der Waals surface area contributed by atoms with E-state index in [1.807, 2.05) is 18.2 Å². The highest BCUT2D eigenvalue weighted by molar-refractivity contribution is 9.09. The first-order valence-electron chi connectivity index (χ1n) is 5.03. The molecule has 0 N–H and O–H groups in total. The minimum Gasteiger partial charge on any atom is -0.497 e. The first-order valence-corrected chi connectivity index (χ1v) is 5.94. The smallest absolute Gasteiger partial charge is 0.119 e. The summed E-state index contributed by atoms with van der Waals surface area (Å²) in [5.41, 5.74) is 3.54. The molecule has 1 aromatic carbocycles. The average molecular weight is 281 g/mol. The normalized spacial score (nSPS) is 12.4. The van der Waals surface area contributed by atoms with Gasteiger partial charge in [0.15, 0.2) is 0 Å². The number of hydrogen-bond acceptors (Lipinski definition) is 2. The van der Waals surface area contributed by atoms with E-state index in [9.17, 15) is 0 Å². The van der Waals surface area contributed by atoms with E-state index in [0.29, 0.717) is 0 Å². The van der Waals surface area contributed by atoms with Crippen molar-refractivity contribution in [2.45, 2.75) is 11.8 Å². The number of aryl methyl sites for hydroxylation is 1. The van der Waals surface area contributed by atoms with Gasteiger partial charge in [-0.15, -0.1) is 0 Å². The predicted molar refractivity (Wildman–Crippen MR) is 67.2 cm³/mol. The zero-order valence-corrected chi connectivity index (χ0v) is 10.8. The quantitative estimate of drug-likeness (QED) is 0.791. The number of halogens is 1. The molecule has 0 fully saturated rings. The van der Waals surface area contributed by atoms with E-state index >= 15 is 0 Å². The summed E-state index contributed by atoms with van der Waals surface area (Å²) in [6, 6.07) is 8.03. The number of ether oxygens (including phenoxy) is 1. The van der Waals surface area contributed by atoms with Gasteiger partial charge >= 0.3 is 0 Å². The van der Waals surface area contributed by atoms with Crippen molar-refractivity contribution in [3.8, 4) is 5.75 Å². The lowest BCUT2D eigenvalue weighted by Gasteiger charge is -2.12. The number of hydrogen-bond donors (Lipinski definition) is 0. The fourth-order valence-electron chi connectivity index (χ4n) is 1.66. The van der Waals surface area contributed by atoms with Gasteiger partial charge in [-0.2, -0.15) is 0 Å². The highest BCUT2D eigenvalue weighted by Crippen LogP contribution is 2.34. The predicted octanol–water partition coefficient (Wildman–Crippen LogP) is 4.08. The van der Waals surface area contributed by atoms with Crippen LogP contribution in [0.4, 0.5) is 0 Å². The fraction of sp³-hybridized carbons (Fsp3) is 0.231. The summed E-state index contributed by atoms with van der Waals surface area (Å²) in [4.78, 5) is 0.164. The van der Waals surface area contributed by atoms with Crippen LogP contribution in [0, 0.1) is 6.92 Å². The van der Waals surface area contributed by atoms with Crippen molar-refractivity contribution in [3.63, 3.8) is 0 Å². The molecule has 0 spiro atoms. The van der Waals surface area contributed by atoms with Gasteiger partial charge in [0.25, 0.3) is 0 Å². The largest absolute Gasteiger partial charge is 0.497 e. The number of rotatable bonds is 3. The van der Waals surface area contributed by atoms with Crippen molar-refractivity contribution < 1.29 is 9.15 Å². The van der Waals surface area contributed by atoms with Gasteiger partial charge in [0.1, 0.15) is 5.75 Å². The Morgan fingerprint density at radius 3 is 2.69 bits per heavy atom. The van der Waals surface area contributed by atoms with E-state index in [0.717, 1.165) is 11.3 Å². The maximum absolute atomic E-state index is 5.19. The molecule has 2 aromatic rings. The van der Waals surface area contributed by atoms with Gasteiger partial charge in [0.2, 0.25) is 0 Å². The molecule has 0 aliphatic rings. The van der Waals surface area contributed by atoms with Crippen molar-refractivity contribution in [3.05, 3.63) is 53.5 Å². The maximum Gasteiger partial charge on any atom is 0.119 e. The van der Waals surface area contributed by atoms with Gasteiger partial charge in [-0.25, -0.2) is 0 Å². The van der Waals surface area contributed by atoms with Crippen LogP contribution in [0.1, 0.15) is 21.5 Å². The number of benzene rings is 1. The Kier molecular flexibility index (Phi) is 3.34. The fourth-order valence-corrected chi connectivity index (χ4v) is 2.43. The molecule has 84 valence electrons. The van der Waals surface area contributed by atoms with E-state index in [-0.39, 0.29) is 4.83 Å². The number of methoxy groups -OCH3 is 1. The van der Waals surface area contributed by atoms with E-state index in [1.54, 1.807) is 19.6 Å². The first kappa shape index (κ1) is 11.3. The summed E-state index contributed by atoms with van der Waals surface area (Å²) >= 11 is 3.67. The van der Waals surface area contributed by atoms with E-state index in [2.05, 4.69) is 28.9 Å². The Morgan fingerprint density at radius 2 is 2.12 bits per heavy atom. The van der Waals surface area contributed by atoms with Crippen LogP contribution in [0.25, 0.3) is 0 Å². The molecule has 2 nitrogen and oxygen atoms in total. The standard InChI is InChI=1S/C13H13BrO2/c1-9-7-11(15-2)3-4-12(9)13(14)10-5-6-16-8-10/h3-8,13H,1-2H3. The Hall–Kier alpha value is -1.22. The molecule has 0 aliphatic carbocycles. The molecule has 0 radical (unpaired) electrons. The van der Waals surface area contributed by atoms with Crippen LogP contribution in [0.3, 0.4) is 0 Å². The van der Waals surface area contributed by atoms with Crippen molar-refractivity contribution in [2.24, 2.45) is 0 Å². The topological polar surface area (TPSA) is 22.4 Å². The molecule has 1 aromatic heterocycles. The molecule has 1 atom stereocenters. The second-order valence-electron chi connectivity index (χ2n) is 3.64. The third-order valence-electron chi connectivity index (χ3n) is 2.59. The average Bonchev–Trinajstić information content (AvgIpc) is 2.81. The monoisotopic (exact) mass is 280 g/mol. The molecule has 0 bridgehead atoms. The van der Waals surface area contributed by atoms with Gasteiger partial charge < -0.3 is 9.15 Å². The minimum absolute atomic E-state index is 0.164. The summed E-state index contributed by atoms with van der Waals surface area (Å²) < 4.78 is 10.3. The van der Waals surface area contributed by atoms with Crippen LogP contribution in [0.15, 0.2) is 41.2 Å². The third kappa shape index (κ3) is 2.14. The highest BCUT2D eigenvalue weighted by Gasteiger charge is 2.14. The third-order valence-corrected chi connectivity index (χ3v) is 3.61. The molecule has 2 rings (SSSR count). The van der Waals surface area contributed by atoms with Gasteiger partial charge in [-0.05, 0) is 36.2 Å². The van der Waals surface area contributed by atoms with Gasteiger partial charge in [-0.3, -0.25) is 0 Å². The van der Waals surface area contributed by atoms with Crippen LogP contribution in [0.5, 0.6) is 5.75 Å². The van der Waals surface area contributed by atoms with Crippen molar-refractivity contribution in [1.29, 1.82) is 0 Å². The van der Waals surface area contributed by atoms with Gasteiger partial charge in [0, 0.05) is 5.56 Å². The van der Waals surface area contributed by atoms with Crippen molar-refractivity contribution >= 4 is 15.9 Å². The van der Waals surface area contributed by atoms with Crippen LogP contribution in [-0.2, 0) is 0 Å². The zero-order chi connectivity index (χ0) is 11.5. The lowest BCUT2D eigenvalue weighted by Crippen LogP contribution is -1.95. The van der Waals surface area contributed by atoms with Crippen LogP contribution in [-0.4, -0.2) is 7.11 Å². The summed E-state index contributed by atoms with van der Waals surface area (Å²) in [5, 5.41) is 0. The SMILES string of the molecule is COc1ccc(C(Br)c2ccoc2)c(C)c1. The molecule has 16 heavy (non-hydrogen) atoms. The van der Waals surface area contributed by atoms with Crippen molar-refractivity contribution in [1.82, 2.24) is 0 Å². The van der Waals surface area contributed by atoms with Crippen molar-refractivity contribution in [2.75, 3.05) is 7.11 Å². The Morgan fingerprint density at radius 1 is 1.31 bits per heavy atom. The maximum atomic E-state index is 5.19. The van der Waals surface area contributed by atoms with Gasteiger partial charge in [0.05, 0.1) is 24.5 Å². The highest BCUT2D eigenvalue weighted by atomic mass is 79.9. The van der Waals surface area contributed by atoms with E-state index in [4.69, 9.17) is 9.15 Å². The molecule has 1 unspecified atom stereocenters. The molecule has 1 heterocycles. The summed E-state index contributed by atoms with van der Waals surface area (Å²) in [6.45, 7) is 2.08. The summed E-state index contributed by atoms with van der Waals surface area (Å²) in [5.74, 6) is 0.883. The molecular formula is C13H13BrO2. The molecule has 3 heteroatoms. The number of alkyl halides is 1. The second-order valence-corrected chi connectivity index (χ2v) is 4.56. The zero-order valence-electron chi connectivity index (χ0n) is 9.24. The molecular weight excluding hydrogens is 268 g/mol. The van der Waals surface area contributed by atoms with E-state index in [1.165, 1.54) is 11.1 Å². The van der Waals surface area contributed by atoms with Crippen LogP contribution >= 0.6 is 15.9 Å². The minimum atomic E-state index is 0.164. The van der Waals surface area contributed by atoms with Crippen LogP contribution < -0.4 is 4.74 Å². The van der Waals surface area contributed by atoms with E-state index < -0.39 is 0 Å². The Bertz CT molecular complexity index is 463. The van der Waals surface area contributed by atoms with Gasteiger partial charge in [-0.1, -0.05) is 22.0 Å². The molecule has 0 saturated heterocycles. The van der Waals surface area contributed by atoms with Crippen LogP contribution in [0.2, 0.25) is 0 Å². The molecule has 0 saturated carbocycles. The number of furan rings is 1. The lowest BCUT2D eigenvalue weighted by molar-refractivity contribution is 0.414. The Labute approximate surface area is 103 Å². The molecule has 0 aliphatic heterocycles. The first-order chi connectivity index (χ1) is 7.72. The summed E-state index contributed by atoms with van der Waals surface area (Å²) in [7, 11) is 1.68. The Balaban J connectivity index is 2.34. The molecule has 0 amide bonds.